The number of benzene rings is 2. The molecule has 1 amide bonds. The summed E-state index contributed by atoms with van der Waals surface area (Å²) in [6.45, 7) is 4.54. The van der Waals surface area contributed by atoms with Crippen molar-refractivity contribution in [2.75, 3.05) is 6.61 Å². The predicted octanol–water partition coefficient (Wildman–Crippen LogP) is 6.13. The van der Waals surface area contributed by atoms with Crippen LogP contribution in [0, 0.1) is 11.3 Å². The van der Waals surface area contributed by atoms with Crippen molar-refractivity contribution in [3.63, 3.8) is 0 Å². The Hall–Kier alpha value is -3.91. The minimum atomic E-state index is -0.716. The Labute approximate surface area is 237 Å². The molecular weight excluding hydrogens is 528 g/mol. The number of aromatic nitrogens is 3. The number of rotatable bonds is 8. The van der Waals surface area contributed by atoms with E-state index in [9.17, 15) is 14.7 Å². The molecule has 40 heavy (non-hydrogen) atoms. The molecule has 2 saturated carbocycles. The Morgan fingerprint density at radius 3 is 2.58 bits per heavy atom. The third kappa shape index (κ3) is 4.70. The highest BCUT2D eigenvalue weighted by molar-refractivity contribution is 6.36. The van der Waals surface area contributed by atoms with Gasteiger partial charge in [0.2, 0.25) is 5.88 Å². The van der Waals surface area contributed by atoms with Crippen LogP contribution in [0.25, 0.3) is 22.0 Å². The van der Waals surface area contributed by atoms with E-state index in [2.05, 4.69) is 46.6 Å². The highest BCUT2D eigenvalue weighted by Gasteiger charge is 2.55. The molecule has 2 fully saturated rings. The number of ether oxygens (including phenoxy) is 1. The lowest BCUT2D eigenvalue weighted by atomic mass is 9.50. The lowest BCUT2D eigenvalue weighted by molar-refractivity contribution is -0.155. The zero-order valence-corrected chi connectivity index (χ0v) is 23.2. The standard InChI is InChI=1S/C31H31ClN4O4/c1-3-40-27-12-21(10-11-33-27)20-6-4-19(5-7-20)18(2)36-28-24(8-9-26(32)25(28)17-34-36)29(37)35-23-15-31(16-23)13-22(14-31)30(38)39/h4-12,17-18,22-23H,3,13-16H2,1-2H3,(H,35,37)(H,38,39)/t18-,22?,23?,31?/m0/s1. The Kier molecular flexibility index (Phi) is 6.74. The Bertz CT molecular complexity index is 1580. The second kappa shape index (κ2) is 10.2. The van der Waals surface area contributed by atoms with Crippen LogP contribution in [-0.4, -0.2) is 44.4 Å². The number of aliphatic carboxylic acids is 1. The summed E-state index contributed by atoms with van der Waals surface area (Å²) in [6, 6.07) is 15.5. The fraction of sp³-hybridized carbons (Fsp3) is 0.355. The molecule has 8 nitrogen and oxygen atoms in total. The number of carboxylic acid groups (broad SMARTS) is 1. The normalized spacial score (nSPS) is 22.4. The highest BCUT2D eigenvalue weighted by atomic mass is 35.5. The van der Waals surface area contributed by atoms with Crippen LogP contribution in [-0.2, 0) is 4.79 Å². The fourth-order valence-corrected chi connectivity index (χ4v) is 6.56. The van der Waals surface area contributed by atoms with E-state index in [1.807, 2.05) is 23.7 Å². The van der Waals surface area contributed by atoms with Gasteiger partial charge in [-0.15, -0.1) is 0 Å². The molecule has 0 saturated heterocycles. The largest absolute Gasteiger partial charge is 0.481 e. The number of pyridine rings is 1. The zero-order valence-electron chi connectivity index (χ0n) is 22.4. The topological polar surface area (TPSA) is 106 Å². The number of halogens is 1. The molecule has 0 bridgehead atoms. The van der Waals surface area contributed by atoms with Crippen LogP contribution in [0.15, 0.2) is 60.9 Å². The molecule has 0 radical (unpaired) electrons. The second-order valence-electron chi connectivity index (χ2n) is 11.1. The van der Waals surface area contributed by atoms with E-state index in [1.54, 1.807) is 24.5 Å². The van der Waals surface area contributed by atoms with Gasteiger partial charge in [-0.25, -0.2) is 4.98 Å². The molecule has 2 heterocycles. The lowest BCUT2D eigenvalue weighted by Gasteiger charge is -2.56. The van der Waals surface area contributed by atoms with E-state index in [-0.39, 0.29) is 29.3 Å². The van der Waals surface area contributed by atoms with Crippen LogP contribution in [0.3, 0.4) is 0 Å². The van der Waals surface area contributed by atoms with Gasteiger partial charge in [-0.1, -0.05) is 35.9 Å². The Morgan fingerprint density at radius 1 is 1.12 bits per heavy atom. The first-order valence-electron chi connectivity index (χ1n) is 13.7. The van der Waals surface area contributed by atoms with Gasteiger partial charge in [-0.3, -0.25) is 14.3 Å². The molecule has 1 spiro atoms. The molecule has 2 aliphatic carbocycles. The zero-order chi connectivity index (χ0) is 28.0. The van der Waals surface area contributed by atoms with Crippen molar-refractivity contribution < 1.29 is 19.4 Å². The molecule has 2 aromatic heterocycles. The fourth-order valence-electron chi connectivity index (χ4n) is 6.36. The maximum atomic E-state index is 13.4. The molecule has 1 atom stereocenters. The Balaban J connectivity index is 1.21. The number of nitrogens with zero attached hydrogens (tertiary/aromatic N) is 3. The summed E-state index contributed by atoms with van der Waals surface area (Å²) in [4.78, 5) is 28.9. The summed E-state index contributed by atoms with van der Waals surface area (Å²) in [6.07, 6.45) is 6.51. The first-order valence-corrected chi connectivity index (χ1v) is 14.0. The van der Waals surface area contributed by atoms with E-state index in [1.165, 1.54) is 0 Å². The van der Waals surface area contributed by atoms with Gasteiger partial charge in [0.1, 0.15) is 0 Å². The summed E-state index contributed by atoms with van der Waals surface area (Å²) < 4.78 is 7.40. The quantitative estimate of drug-likeness (QED) is 0.269. The molecule has 206 valence electrons. The maximum Gasteiger partial charge on any atom is 0.306 e. The van der Waals surface area contributed by atoms with Crippen molar-refractivity contribution >= 4 is 34.4 Å². The third-order valence-electron chi connectivity index (χ3n) is 8.47. The van der Waals surface area contributed by atoms with Gasteiger partial charge in [0.05, 0.1) is 40.9 Å². The van der Waals surface area contributed by atoms with E-state index in [4.69, 9.17) is 16.3 Å². The molecule has 9 heteroatoms. The van der Waals surface area contributed by atoms with Crippen molar-refractivity contribution in [1.82, 2.24) is 20.1 Å². The van der Waals surface area contributed by atoms with E-state index in [0.29, 0.717) is 41.4 Å². The van der Waals surface area contributed by atoms with E-state index in [0.717, 1.165) is 34.9 Å². The van der Waals surface area contributed by atoms with Crippen molar-refractivity contribution in [1.29, 1.82) is 0 Å². The van der Waals surface area contributed by atoms with Crippen molar-refractivity contribution in [3.05, 3.63) is 77.1 Å². The van der Waals surface area contributed by atoms with Crippen LogP contribution in [0.5, 0.6) is 5.88 Å². The number of carbonyl (C=O) groups is 2. The maximum absolute atomic E-state index is 13.4. The van der Waals surface area contributed by atoms with E-state index >= 15 is 0 Å². The summed E-state index contributed by atoms with van der Waals surface area (Å²) in [7, 11) is 0. The molecule has 2 N–H and O–H groups in total. The molecular formula is C31H31ClN4O4. The Morgan fingerprint density at radius 2 is 1.88 bits per heavy atom. The van der Waals surface area contributed by atoms with Gasteiger partial charge in [0.15, 0.2) is 0 Å². The number of hydrogen-bond acceptors (Lipinski definition) is 5. The average molecular weight is 559 g/mol. The van der Waals surface area contributed by atoms with Crippen molar-refractivity contribution in [2.24, 2.45) is 11.3 Å². The summed E-state index contributed by atoms with van der Waals surface area (Å²) >= 11 is 6.52. The summed E-state index contributed by atoms with van der Waals surface area (Å²) in [5, 5.41) is 18.3. The summed E-state index contributed by atoms with van der Waals surface area (Å²) in [5.41, 5.74) is 4.41. The van der Waals surface area contributed by atoms with Crippen molar-refractivity contribution in [2.45, 2.75) is 51.6 Å². The first-order chi connectivity index (χ1) is 19.3. The van der Waals surface area contributed by atoms with Crippen molar-refractivity contribution in [3.8, 4) is 17.0 Å². The van der Waals surface area contributed by atoms with E-state index < -0.39 is 5.97 Å². The van der Waals surface area contributed by atoms with Gasteiger partial charge in [-0.2, -0.15) is 5.10 Å². The van der Waals surface area contributed by atoms with Crippen LogP contribution < -0.4 is 10.1 Å². The van der Waals surface area contributed by atoms with Gasteiger partial charge in [-0.05, 0) is 79.8 Å². The van der Waals surface area contributed by atoms with Gasteiger partial charge in [0, 0.05) is 23.7 Å². The smallest absolute Gasteiger partial charge is 0.306 e. The molecule has 2 aromatic carbocycles. The van der Waals surface area contributed by atoms with Gasteiger partial charge in [0.25, 0.3) is 5.91 Å². The third-order valence-corrected chi connectivity index (χ3v) is 8.80. The van der Waals surface area contributed by atoms with Gasteiger partial charge >= 0.3 is 5.97 Å². The number of nitrogens with one attached hydrogen (secondary N) is 1. The van der Waals surface area contributed by atoms with Crippen LogP contribution >= 0.6 is 11.6 Å². The molecule has 0 unspecified atom stereocenters. The predicted molar refractivity (Wildman–Crippen MR) is 153 cm³/mol. The van der Waals surface area contributed by atoms with Gasteiger partial charge < -0.3 is 15.2 Å². The van der Waals surface area contributed by atoms with Crippen LogP contribution in [0.4, 0.5) is 0 Å². The number of carboxylic acids is 1. The SMILES string of the molecule is CCOc1cc(-c2ccc([C@H](C)n3ncc4c(Cl)ccc(C(=O)NC5CC6(C5)CC(C(=O)O)C6)c43)cc2)ccn1. The molecule has 6 rings (SSSR count). The molecule has 4 aromatic rings. The minimum Gasteiger partial charge on any atom is -0.481 e. The first kappa shape index (κ1) is 26.3. The van der Waals surface area contributed by atoms with Crippen LogP contribution in [0.1, 0.15) is 61.5 Å². The number of carbonyl (C=O) groups excluding carboxylic acids is 1. The lowest BCUT2D eigenvalue weighted by Crippen LogP contribution is -2.57. The summed E-state index contributed by atoms with van der Waals surface area (Å²) in [5.74, 6) is -0.526. The minimum absolute atomic E-state index is 0.0470. The highest BCUT2D eigenvalue weighted by Crippen LogP contribution is 2.58. The number of hydrogen-bond donors (Lipinski definition) is 2. The average Bonchev–Trinajstić information content (AvgIpc) is 3.35. The number of amides is 1. The monoisotopic (exact) mass is 558 g/mol. The molecule has 2 aliphatic rings. The van der Waals surface area contributed by atoms with Crippen LogP contribution in [0.2, 0.25) is 5.02 Å². The number of fused-ring (bicyclic) bond motifs is 1. The molecule has 0 aliphatic heterocycles. The second-order valence-corrected chi connectivity index (χ2v) is 11.5.